The molecule has 0 aliphatic carbocycles. The number of rotatable bonds is 6. The van der Waals surface area contributed by atoms with E-state index in [1.807, 2.05) is 97.9 Å². The van der Waals surface area contributed by atoms with Crippen LogP contribution in [-0.4, -0.2) is 11.4 Å². The average molecular weight is 348 g/mol. The van der Waals surface area contributed by atoms with Crippen molar-refractivity contribution in [1.82, 2.24) is 0 Å². The molecule has 0 spiro atoms. The SMILES string of the molecule is CC(CC(=O)c1ccccc1)P(=O)(c1ccccc1)c1ccccc1. The van der Waals surface area contributed by atoms with E-state index in [0.717, 1.165) is 10.6 Å². The van der Waals surface area contributed by atoms with E-state index < -0.39 is 7.14 Å². The van der Waals surface area contributed by atoms with Crippen LogP contribution < -0.4 is 10.6 Å². The van der Waals surface area contributed by atoms with Gasteiger partial charge in [0.05, 0.1) is 0 Å². The maximum absolute atomic E-state index is 14.1. The van der Waals surface area contributed by atoms with Crippen molar-refractivity contribution in [1.29, 1.82) is 0 Å². The number of carbonyl (C=O) groups is 1. The van der Waals surface area contributed by atoms with Crippen molar-refractivity contribution in [2.75, 3.05) is 0 Å². The lowest BCUT2D eigenvalue weighted by Gasteiger charge is -2.25. The molecule has 0 saturated heterocycles. The van der Waals surface area contributed by atoms with E-state index in [9.17, 15) is 9.36 Å². The third-order valence-electron chi connectivity index (χ3n) is 4.48. The Morgan fingerprint density at radius 1 is 0.760 bits per heavy atom. The van der Waals surface area contributed by atoms with E-state index in [0.29, 0.717) is 5.56 Å². The van der Waals surface area contributed by atoms with Crippen molar-refractivity contribution < 1.29 is 9.36 Å². The first-order chi connectivity index (χ1) is 12.1. The lowest BCUT2D eigenvalue weighted by Crippen LogP contribution is -2.26. The second-order valence-corrected chi connectivity index (χ2v) is 9.40. The Kier molecular flexibility index (Phi) is 5.31. The predicted molar refractivity (Wildman–Crippen MR) is 105 cm³/mol. The standard InChI is InChI=1S/C22H21O2P/c1-18(17-22(23)19-11-5-2-6-12-19)25(24,20-13-7-3-8-14-20)21-15-9-4-10-16-21/h2-16,18H,17H2,1H3. The van der Waals surface area contributed by atoms with Gasteiger partial charge in [0.2, 0.25) is 0 Å². The minimum absolute atomic E-state index is 0.0280. The third-order valence-corrected chi connectivity index (χ3v) is 8.03. The minimum Gasteiger partial charge on any atom is -0.313 e. The monoisotopic (exact) mass is 348 g/mol. The van der Waals surface area contributed by atoms with Crippen LogP contribution in [0.5, 0.6) is 0 Å². The lowest BCUT2D eigenvalue weighted by molar-refractivity contribution is 0.0982. The molecular formula is C22H21O2P. The quantitative estimate of drug-likeness (QED) is 0.479. The number of ketones is 1. The maximum atomic E-state index is 14.1. The molecule has 0 saturated carbocycles. The molecule has 0 aromatic heterocycles. The van der Waals surface area contributed by atoms with Gasteiger partial charge < -0.3 is 4.57 Å². The molecule has 0 aliphatic heterocycles. The van der Waals surface area contributed by atoms with Gasteiger partial charge in [-0.05, 0) is 0 Å². The molecule has 2 nitrogen and oxygen atoms in total. The van der Waals surface area contributed by atoms with Crippen molar-refractivity contribution in [2.24, 2.45) is 0 Å². The molecule has 0 aliphatic rings. The summed E-state index contributed by atoms with van der Waals surface area (Å²) < 4.78 is 14.1. The number of benzene rings is 3. The summed E-state index contributed by atoms with van der Waals surface area (Å²) in [5, 5.41) is 1.60. The predicted octanol–water partition coefficient (Wildman–Crippen LogP) is 4.66. The van der Waals surface area contributed by atoms with Gasteiger partial charge in [-0.1, -0.05) is 97.9 Å². The molecule has 1 unspecified atom stereocenters. The smallest absolute Gasteiger partial charge is 0.163 e. The van der Waals surface area contributed by atoms with Crippen LogP contribution in [0.4, 0.5) is 0 Å². The number of Topliss-reactive ketones (excluding diaryl/α,β-unsaturated/α-hetero) is 1. The molecule has 3 aromatic carbocycles. The molecule has 1 atom stereocenters. The fourth-order valence-corrected chi connectivity index (χ4v) is 6.06. The molecule has 0 bridgehead atoms. The molecule has 25 heavy (non-hydrogen) atoms. The maximum Gasteiger partial charge on any atom is 0.163 e. The van der Waals surface area contributed by atoms with E-state index >= 15 is 0 Å². The van der Waals surface area contributed by atoms with Crippen LogP contribution in [0.2, 0.25) is 0 Å². The number of carbonyl (C=O) groups excluding carboxylic acids is 1. The summed E-state index contributed by atoms with van der Waals surface area (Å²) in [6, 6.07) is 28.2. The van der Waals surface area contributed by atoms with Crippen LogP contribution in [0.25, 0.3) is 0 Å². The van der Waals surface area contributed by atoms with Crippen LogP contribution in [0.15, 0.2) is 91.0 Å². The molecule has 0 N–H and O–H groups in total. The van der Waals surface area contributed by atoms with Crippen LogP contribution >= 0.6 is 7.14 Å². The van der Waals surface area contributed by atoms with E-state index in [1.54, 1.807) is 0 Å². The van der Waals surface area contributed by atoms with Crippen LogP contribution in [0.3, 0.4) is 0 Å². The molecule has 126 valence electrons. The molecule has 0 fully saturated rings. The topological polar surface area (TPSA) is 34.1 Å². The zero-order chi connectivity index (χ0) is 17.7. The molecule has 0 radical (unpaired) electrons. The molecule has 3 aromatic rings. The van der Waals surface area contributed by atoms with Crippen molar-refractivity contribution >= 4 is 23.5 Å². The van der Waals surface area contributed by atoms with Gasteiger partial charge in [-0.25, -0.2) is 0 Å². The highest BCUT2D eigenvalue weighted by Gasteiger charge is 2.34. The fourth-order valence-electron chi connectivity index (χ4n) is 3.10. The summed E-state index contributed by atoms with van der Waals surface area (Å²) in [6.07, 6.45) is 0.255. The third kappa shape index (κ3) is 3.65. The first kappa shape index (κ1) is 17.4. The first-order valence-corrected chi connectivity index (χ1v) is 10.2. The largest absolute Gasteiger partial charge is 0.313 e. The van der Waals surface area contributed by atoms with Gasteiger partial charge in [-0.2, -0.15) is 0 Å². The van der Waals surface area contributed by atoms with Gasteiger partial charge >= 0.3 is 0 Å². The summed E-state index contributed by atoms with van der Waals surface area (Å²) in [6.45, 7) is 1.92. The molecular weight excluding hydrogens is 327 g/mol. The normalized spacial score (nSPS) is 12.5. The highest BCUT2D eigenvalue weighted by molar-refractivity contribution is 7.79. The van der Waals surface area contributed by atoms with Crippen molar-refractivity contribution in [2.45, 2.75) is 19.0 Å². The summed E-state index contributed by atoms with van der Waals surface area (Å²) in [5.41, 5.74) is 0.395. The molecule has 3 heteroatoms. The zero-order valence-corrected chi connectivity index (χ0v) is 15.1. The van der Waals surface area contributed by atoms with Gasteiger partial charge in [0.1, 0.15) is 7.14 Å². The lowest BCUT2D eigenvalue weighted by atomic mass is 10.1. The summed E-state index contributed by atoms with van der Waals surface area (Å²) in [7, 11) is -2.91. The van der Waals surface area contributed by atoms with E-state index in [-0.39, 0.29) is 17.9 Å². The van der Waals surface area contributed by atoms with Gasteiger partial charge in [-0.3, -0.25) is 4.79 Å². The Bertz CT molecular complexity index is 830. The Morgan fingerprint density at radius 3 is 1.60 bits per heavy atom. The molecule has 0 amide bonds. The van der Waals surface area contributed by atoms with Crippen LogP contribution in [0, 0.1) is 0 Å². The van der Waals surface area contributed by atoms with E-state index in [4.69, 9.17) is 0 Å². The second-order valence-electron chi connectivity index (χ2n) is 6.17. The van der Waals surface area contributed by atoms with Gasteiger partial charge in [0, 0.05) is 28.3 Å². The fraction of sp³-hybridized carbons (Fsp3) is 0.136. The van der Waals surface area contributed by atoms with Crippen molar-refractivity contribution in [3.8, 4) is 0 Å². The summed E-state index contributed by atoms with van der Waals surface area (Å²) >= 11 is 0. The van der Waals surface area contributed by atoms with Crippen molar-refractivity contribution in [3.63, 3.8) is 0 Å². The number of hydrogen-bond acceptors (Lipinski definition) is 2. The van der Waals surface area contributed by atoms with E-state index in [2.05, 4.69) is 0 Å². The summed E-state index contributed by atoms with van der Waals surface area (Å²) in [5.74, 6) is 0.0280. The highest BCUT2D eigenvalue weighted by Crippen LogP contribution is 2.49. The van der Waals surface area contributed by atoms with Crippen molar-refractivity contribution in [3.05, 3.63) is 96.6 Å². The Hall–Kier alpha value is -2.44. The second kappa shape index (κ2) is 7.63. The first-order valence-electron chi connectivity index (χ1n) is 8.41. The Morgan fingerprint density at radius 2 is 1.16 bits per heavy atom. The van der Waals surface area contributed by atoms with Gasteiger partial charge in [-0.15, -0.1) is 0 Å². The van der Waals surface area contributed by atoms with Crippen LogP contribution in [0.1, 0.15) is 23.7 Å². The highest BCUT2D eigenvalue weighted by atomic mass is 31.2. The molecule has 3 rings (SSSR count). The molecule has 0 heterocycles. The summed E-state index contributed by atoms with van der Waals surface area (Å²) in [4.78, 5) is 12.6. The van der Waals surface area contributed by atoms with Crippen LogP contribution in [-0.2, 0) is 4.57 Å². The van der Waals surface area contributed by atoms with E-state index in [1.165, 1.54) is 0 Å². The minimum atomic E-state index is -2.91. The van der Waals surface area contributed by atoms with Gasteiger partial charge in [0.15, 0.2) is 5.78 Å². The average Bonchev–Trinajstić information content (AvgIpc) is 2.69. The number of hydrogen-bond donors (Lipinski definition) is 0. The Labute approximate surface area is 148 Å². The Balaban J connectivity index is 1.98. The van der Waals surface area contributed by atoms with Gasteiger partial charge in [0.25, 0.3) is 0 Å². The zero-order valence-electron chi connectivity index (χ0n) is 14.2.